The molecule has 0 aliphatic carbocycles. The summed E-state index contributed by atoms with van der Waals surface area (Å²) in [4.78, 5) is 47.9. The number of primary amides is 1. The van der Waals surface area contributed by atoms with E-state index in [4.69, 9.17) is 20.9 Å². The number of carbonyl (C=O) groups excluding carboxylic acids is 1. The van der Waals surface area contributed by atoms with Crippen LogP contribution in [-0.4, -0.2) is 125 Å². The molecule has 2 fully saturated rings. The predicted octanol–water partition coefficient (Wildman–Crippen LogP) is -2.30. The summed E-state index contributed by atoms with van der Waals surface area (Å²) in [6.07, 6.45) is -7.05. The SMILES string of the molecule is CCN(CC)CC.NC(=O)c1ccc[n+]([C@@H]2O[C@H](COP(=O)([O-])OP(=O)(O)OC[C@H]3O[C@@H](n4cnc5c(N)ncnc54)[C@H](O)[C@@H]3O)[C@@H](O)[C@H]2O)c1. The lowest BCUT2D eigenvalue weighted by Crippen LogP contribution is -2.46. The summed E-state index contributed by atoms with van der Waals surface area (Å²) in [6, 6.07) is 2.82. The molecule has 1 amide bonds. The molecule has 51 heavy (non-hydrogen) atoms. The third-order valence-corrected chi connectivity index (χ3v) is 10.6. The number of nitrogens with zero attached hydrogens (tertiary/aromatic N) is 6. The Balaban J connectivity index is 0.000000755. The van der Waals surface area contributed by atoms with Gasteiger partial charge in [-0.15, -0.1) is 0 Å². The zero-order valence-electron chi connectivity index (χ0n) is 27.8. The number of pyridine rings is 1. The van der Waals surface area contributed by atoms with Crippen molar-refractivity contribution >= 4 is 38.5 Å². The first-order chi connectivity index (χ1) is 24.0. The summed E-state index contributed by atoms with van der Waals surface area (Å²) in [6.45, 7) is 8.24. The molecule has 0 saturated carbocycles. The van der Waals surface area contributed by atoms with Crippen LogP contribution in [0.25, 0.3) is 11.2 Å². The summed E-state index contributed by atoms with van der Waals surface area (Å²) >= 11 is 0. The molecule has 9 N–H and O–H groups in total. The maximum absolute atomic E-state index is 12.4. The van der Waals surface area contributed by atoms with E-state index in [1.54, 1.807) is 0 Å². The van der Waals surface area contributed by atoms with Crippen molar-refractivity contribution in [1.82, 2.24) is 24.4 Å². The molecule has 2 aliphatic heterocycles. The summed E-state index contributed by atoms with van der Waals surface area (Å²) < 4.78 is 51.5. The topological polar surface area (TPSA) is 324 Å². The van der Waals surface area contributed by atoms with Gasteiger partial charge >= 0.3 is 7.82 Å². The van der Waals surface area contributed by atoms with Crippen LogP contribution < -0.4 is 20.9 Å². The number of phosphoric acid groups is 2. The smallest absolute Gasteiger partial charge is 0.478 e. The molecule has 2 aliphatic rings. The molecule has 284 valence electrons. The third-order valence-electron chi connectivity index (χ3n) is 8.08. The van der Waals surface area contributed by atoms with E-state index in [1.165, 1.54) is 59.6 Å². The first-order valence-corrected chi connectivity index (χ1v) is 18.6. The van der Waals surface area contributed by atoms with E-state index >= 15 is 0 Å². The van der Waals surface area contributed by atoms with E-state index in [1.807, 2.05) is 0 Å². The zero-order valence-corrected chi connectivity index (χ0v) is 29.6. The molecule has 24 heteroatoms. The number of aliphatic hydroxyl groups excluding tert-OH is 4. The van der Waals surface area contributed by atoms with E-state index in [2.05, 4.69) is 54.0 Å². The van der Waals surface area contributed by atoms with E-state index in [0.29, 0.717) is 0 Å². The Morgan fingerprint density at radius 2 is 1.63 bits per heavy atom. The Morgan fingerprint density at radius 3 is 2.25 bits per heavy atom. The fourth-order valence-corrected chi connectivity index (χ4v) is 7.29. The molecular weight excluding hydrogens is 722 g/mol. The van der Waals surface area contributed by atoms with Gasteiger partial charge in [-0.25, -0.2) is 23.8 Å². The molecule has 10 atom stereocenters. The summed E-state index contributed by atoms with van der Waals surface area (Å²) in [5.41, 5.74) is 11.4. The number of nitrogen functional groups attached to an aromatic ring is 1. The van der Waals surface area contributed by atoms with Gasteiger partial charge in [0.15, 0.2) is 36.2 Å². The highest BCUT2D eigenvalue weighted by Gasteiger charge is 2.49. The molecule has 5 rings (SSSR count). The van der Waals surface area contributed by atoms with Crippen LogP contribution in [0.5, 0.6) is 0 Å². The van der Waals surface area contributed by atoms with Crippen LogP contribution in [-0.2, 0) is 32.0 Å². The molecule has 3 aromatic rings. The Labute approximate surface area is 291 Å². The van der Waals surface area contributed by atoms with Crippen LogP contribution in [0.4, 0.5) is 5.82 Å². The number of carbonyl (C=O) groups is 1. The quantitative estimate of drug-likeness (QED) is 0.0670. The van der Waals surface area contributed by atoms with Gasteiger partial charge in [-0.05, 0) is 25.7 Å². The van der Waals surface area contributed by atoms with Crippen LogP contribution in [0.1, 0.15) is 43.6 Å². The number of fused-ring (bicyclic) bond motifs is 1. The fraction of sp³-hybridized carbons (Fsp3) is 0.593. The van der Waals surface area contributed by atoms with Crippen molar-refractivity contribution in [3.63, 3.8) is 0 Å². The minimum Gasteiger partial charge on any atom is -0.756 e. The van der Waals surface area contributed by atoms with Gasteiger partial charge < -0.3 is 60.6 Å². The number of imidazole rings is 1. The van der Waals surface area contributed by atoms with Gasteiger partial charge in [0.2, 0.25) is 0 Å². The maximum Gasteiger partial charge on any atom is 0.478 e. The van der Waals surface area contributed by atoms with Crippen molar-refractivity contribution in [2.24, 2.45) is 5.73 Å². The van der Waals surface area contributed by atoms with E-state index in [0.717, 1.165) is 6.33 Å². The normalized spacial score (nSPS) is 28.7. The van der Waals surface area contributed by atoms with Gasteiger partial charge in [-0.1, -0.05) is 20.8 Å². The summed E-state index contributed by atoms with van der Waals surface area (Å²) in [5, 5.41) is 41.6. The van der Waals surface area contributed by atoms with Crippen molar-refractivity contribution < 1.29 is 71.5 Å². The Hall–Kier alpha value is -3.05. The molecule has 0 radical (unpaired) electrons. The van der Waals surface area contributed by atoms with E-state index in [9.17, 15) is 44.1 Å². The molecule has 0 aromatic carbocycles. The van der Waals surface area contributed by atoms with Crippen LogP contribution >= 0.6 is 15.6 Å². The fourth-order valence-electron chi connectivity index (χ4n) is 5.24. The predicted molar refractivity (Wildman–Crippen MR) is 171 cm³/mol. The Bertz CT molecular complexity index is 1730. The second-order valence-corrected chi connectivity index (χ2v) is 14.3. The Morgan fingerprint density at radius 1 is 1.00 bits per heavy atom. The number of anilines is 1. The average Bonchev–Trinajstić information content (AvgIpc) is 3.73. The highest BCUT2D eigenvalue weighted by Crippen LogP contribution is 2.58. The van der Waals surface area contributed by atoms with Gasteiger partial charge in [0.05, 0.1) is 19.5 Å². The lowest BCUT2D eigenvalue weighted by atomic mass is 10.1. The average molecular weight is 765 g/mol. The minimum atomic E-state index is -5.62. The number of hydrogen-bond donors (Lipinski definition) is 7. The molecule has 2 unspecified atom stereocenters. The standard InChI is InChI=1S/C21H27N7O14P2.C6H15N/c22-17-12-19(25-7-24-17)28(8-26-12)21-16(32)14(30)11(41-21)6-39-44(36,37)42-43(34,35)38-5-10-13(29)15(31)20(40-10)27-3-1-2-9(4-27)18(23)33;1-4-7(5-2)6-3/h1-4,7-8,10-11,13-16,20-21,29-32H,5-6H2,(H5-,22,23,24,25,33,34,35,36,37);4-6H2,1-3H3/t10-,11-,13-,14-,15-,16-,20-,21-;/m1./s1. The van der Waals surface area contributed by atoms with Crippen LogP contribution in [0.2, 0.25) is 0 Å². The molecule has 3 aromatic heterocycles. The number of phosphoric ester groups is 2. The molecule has 22 nitrogen and oxygen atoms in total. The second-order valence-electron chi connectivity index (χ2n) is 11.3. The van der Waals surface area contributed by atoms with Gasteiger partial charge in [0, 0.05) is 6.07 Å². The highest BCUT2D eigenvalue weighted by molar-refractivity contribution is 7.60. The largest absolute Gasteiger partial charge is 0.756 e. The summed E-state index contributed by atoms with van der Waals surface area (Å²) in [7, 11) is -11.0. The second kappa shape index (κ2) is 17.2. The van der Waals surface area contributed by atoms with Crippen LogP contribution in [0, 0.1) is 0 Å². The maximum atomic E-state index is 12.4. The van der Waals surface area contributed by atoms with Crippen LogP contribution in [0.3, 0.4) is 0 Å². The van der Waals surface area contributed by atoms with Crippen molar-refractivity contribution in [3.8, 4) is 0 Å². The molecule has 0 bridgehead atoms. The lowest BCUT2D eigenvalue weighted by molar-refractivity contribution is -0.765. The van der Waals surface area contributed by atoms with Crippen molar-refractivity contribution in [1.29, 1.82) is 0 Å². The van der Waals surface area contributed by atoms with Gasteiger partial charge in [-0.2, -0.15) is 4.57 Å². The number of aromatic nitrogens is 5. The van der Waals surface area contributed by atoms with Crippen molar-refractivity contribution in [2.45, 2.75) is 69.9 Å². The number of rotatable bonds is 14. The monoisotopic (exact) mass is 764 g/mol. The number of aliphatic hydroxyl groups is 4. The number of hydrogen-bond acceptors (Lipinski definition) is 18. The van der Waals surface area contributed by atoms with Crippen molar-refractivity contribution in [2.75, 3.05) is 38.6 Å². The van der Waals surface area contributed by atoms with Crippen LogP contribution in [0.15, 0.2) is 37.2 Å². The lowest BCUT2D eigenvalue weighted by Gasteiger charge is -2.26. The van der Waals surface area contributed by atoms with E-state index in [-0.39, 0.29) is 22.5 Å². The number of ether oxygens (including phenoxy) is 2. The molecular formula is C27H42N8O14P2. The minimum absolute atomic E-state index is 0.0446. The molecule has 5 heterocycles. The van der Waals surface area contributed by atoms with Crippen molar-refractivity contribution in [3.05, 3.63) is 42.7 Å². The first-order valence-electron chi connectivity index (χ1n) is 15.7. The molecule has 2 saturated heterocycles. The molecule has 0 spiro atoms. The number of nitrogens with two attached hydrogens (primary N) is 2. The number of amides is 1. The Kier molecular flexibility index (Phi) is 13.7. The van der Waals surface area contributed by atoms with E-state index < -0.39 is 83.8 Å². The zero-order chi connectivity index (χ0) is 37.7. The van der Waals surface area contributed by atoms with Gasteiger partial charge in [-0.3, -0.25) is 18.5 Å². The van der Waals surface area contributed by atoms with Gasteiger partial charge in [0.1, 0.15) is 47.9 Å². The highest BCUT2D eigenvalue weighted by atomic mass is 31.3. The first kappa shape index (κ1) is 40.7. The van der Waals surface area contributed by atoms with Gasteiger partial charge in [0.25, 0.3) is 20.0 Å². The summed E-state index contributed by atoms with van der Waals surface area (Å²) in [5.74, 6) is -0.729. The third kappa shape index (κ3) is 9.89.